The van der Waals surface area contributed by atoms with Crippen molar-refractivity contribution in [3.8, 4) is 0 Å². The third-order valence-electron chi connectivity index (χ3n) is 4.33. The van der Waals surface area contributed by atoms with Crippen LogP contribution in [0.1, 0.15) is 44.9 Å². The average Bonchev–Trinajstić information content (AvgIpc) is 2.45. The second-order valence-electron chi connectivity index (χ2n) is 6.39. The molecule has 0 heterocycles. The van der Waals surface area contributed by atoms with E-state index in [2.05, 4.69) is 10.6 Å². The van der Waals surface area contributed by atoms with Crippen LogP contribution in [0.25, 0.3) is 0 Å². The van der Waals surface area contributed by atoms with Crippen molar-refractivity contribution in [1.29, 1.82) is 0 Å². The maximum Gasteiger partial charge on any atom is 0.279 e. The van der Waals surface area contributed by atoms with Crippen LogP contribution in [0.3, 0.4) is 0 Å². The Morgan fingerprint density at radius 1 is 1.17 bits per heavy atom. The summed E-state index contributed by atoms with van der Waals surface area (Å²) < 4.78 is 23.1. The Morgan fingerprint density at radius 2 is 1.83 bits per heavy atom. The molecule has 1 aliphatic rings. The van der Waals surface area contributed by atoms with Crippen molar-refractivity contribution in [1.82, 2.24) is 0 Å². The Balaban J connectivity index is 1.84. The van der Waals surface area contributed by atoms with Gasteiger partial charge in [-0.05, 0) is 43.9 Å². The SMILES string of the molecule is CS(=O)(=O)c1cccc(NC(=O)C[NH2+]C2CCCCCCC2)c1. The van der Waals surface area contributed by atoms with Crippen molar-refractivity contribution in [3.05, 3.63) is 24.3 Å². The van der Waals surface area contributed by atoms with Gasteiger partial charge in [0.15, 0.2) is 16.4 Å². The molecule has 0 aliphatic heterocycles. The lowest BCUT2D eigenvalue weighted by atomic mass is 9.97. The third-order valence-corrected chi connectivity index (χ3v) is 5.44. The standard InChI is InChI=1S/C17H26N2O3S/c1-23(21,22)16-11-7-10-15(12-16)19-17(20)13-18-14-8-5-3-2-4-6-9-14/h7,10-12,14,18H,2-6,8-9,13H2,1H3,(H,19,20)/p+1. The zero-order valence-electron chi connectivity index (χ0n) is 13.8. The highest BCUT2D eigenvalue weighted by molar-refractivity contribution is 7.90. The van der Waals surface area contributed by atoms with Gasteiger partial charge in [0.2, 0.25) is 0 Å². The first-order valence-corrected chi connectivity index (χ1v) is 10.3. The first-order valence-electron chi connectivity index (χ1n) is 8.38. The van der Waals surface area contributed by atoms with E-state index in [9.17, 15) is 13.2 Å². The molecule has 0 bridgehead atoms. The molecular formula is C17H27N2O3S+. The first-order chi connectivity index (χ1) is 10.9. The molecule has 0 saturated heterocycles. The van der Waals surface area contributed by atoms with Gasteiger partial charge >= 0.3 is 0 Å². The minimum atomic E-state index is -3.26. The van der Waals surface area contributed by atoms with E-state index in [4.69, 9.17) is 0 Å². The van der Waals surface area contributed by atoms with Gasteiger partial charge in [-0.1, -0.05) is 25.3 Å². The molecule has 128 valence electrons. The van der Waals surface area contributed by atoms with E-state index < -0.39 is 9.84 Å². The van der Waals surface area contributed by atoms with Crippen LogP contribution in [0.15, 0.2) is 29.2 Å². The molecule has 0 aromatic heterocycles. The summed E-state index contributed by atoms with van der Waals surface area (Å²) in [5.41, 5.74) is 0.531. The quantitative estimate of drug-likeness (QED) is 0.857. The predicted octanol–water partition coefficient (Wildman–Crippen LogP) is 1.70. The molecule has 1 aliphatic carbocycles. The van der Waals surface area contributed by atoms with Gasteiger partial charge in [0.25, 0.3) is 5.91 Å². The molecule has 3 N–H and O–H groups in total. The van der Waals surface area contributed by atoms with Crippen LogP contribution in [0.4, 0.5) is 5.69 Å². The Labute approximate surface area is 138 Å². The van der Waals surface area contributed by atoms with E-state index in [1.807, 2.05) is 0 Å². The number of anilines is 1. The van der Waals surface area contributed by atoms with Crippen LogP contribution in [0, 0.1) is 0 Å². The van der Waals surface area contributed by atoms with Crippen molar-refractivity contribution < 1.29 is 18.5 Å². The number of hydrogen-bond donors (Lipinski definition) is 2. The molecule has 5 nitrogen and oxygen atoms in total. The van der Waals surface area contributed by atoms with Crippen LogP contribution in [-0.2, 0) is 14.6 Å². The molecule has 1 saturated carbocycles. The highest BCUT2D eigenvalue weighted by Crippen LogP contribution is 2.16. The second-order valence-corrected chi connectivity index (χ2v) is 8.41. The highest BCUT2D eigenvalue weighted by Gasteiger charge is 2.16. The third kappa shape index (κ3) is 6.31. The van der Waals surface area contributed by atoms with E-state index in [0.717, 1.165) is 6.26 Å². The van der Waals surface area contributed by atoms with Crippen LogP contribution >= 0.6 is 0 Å². The number of carbonyl (C=O) groups excluding carboxylic acids is 1. The number of sulfone groups is 1. The minimum absolute atomic E-state index is 0.0855. The van der Waals surface area contributed by atoms with Gasteiger partial charge in [0.05, 0.1) is 10.9 Å². The summed E-state index contributed by atoms with van der Waals surface area (Å²) in [6.07, 6.45) is 9.95. The number of benzene rings is 1. The van der Waals surface area contributed by atoms with Gasteiger partial charge in [-0.15, -0.1) is 0 Å². The van der Waals surface area contributed by atoms with E-state index >= 15 is 0 Å². The van der Waals surface area contributed by atoms with E-state index in [1.54, 1.807) is 12.1 Å². The van der Waals surface area contributed by atoms with Gasteiger partial charge in [-0.3, -0.25) is 4.79 Å². The molecule has 0 atom stereocenters. The molecule has 23 heavy (non-hydrogen) atoms. The van der Waals surface area contributed by atoms with E-state index in [0.29, 0.717) is 18.3 Å². The van der Waals surface area contributed by atoms with Gasteiger partial charge < -0.3 is 10.6 Å². The van der Waals surface area contributed by atoms with Crippen LogP contribution in [0.5, 0.6) is 0 Å². The fraction of sp³-hybridized carbons (Fsp3) is 0.588. The fourth-order valence-corrected chi connectivity index (χ4v) is 3.68. The summed E-state index contributed by atoms with van der Waals surface area (Å²) in [4.78, 5) is 12.3. The van der Waals surface area contributed by atoms with Crippen LogP contribution < -0.4 is 10.6 Å². The predicted molar refractivity (Wildman–Crippen MR) is 91.1 cm³/mol. The molecular weight excluding hydrogens is 312 g/mol. The summed E-state index contributed by atoms with van der Waals surface area (Å²) >= 11 is 0. The maximum atomic E-state index is 12.1. The summed E-state index contributed by atoms with van der Waals surface area (Å²) in [5.74, 6) is -0.0855. The van der Waals surface area contributed by atoms with E-state index in [-0.39, 0.29) is 10.8 Å². The molecule has 1 aromatic rings. The average molecular weight is 339 g/mol. The zero-order chi connectivity index (χ0) is 16.7. The number of amides is 1. The maximum absolute atomic E-state index is 12.1. The highest BCUT2D eigenvalue weighted by atomic mass is 32.2. The monoisotopic (exact) mass is 339 g/mol. The lowest BCUT2D eigenvalue weighted by Crippen LogP contribution is -2.91. The van der Waals surface area contributed by atoms with Gasteiger partial charge in [0.1, 0.15) is 0 Å². The summed E-state index contributed by atoms with van der Waals surface area (Å²) in [6.45, 7) is 0.383. The summed E-state index contributed by atoms with van der Waals surface area (Å²) in [5, 5.41) is 4.91. The number of rotatable bonds is 5. The summed E-state index contributed by atoms with van der Waals surface area (Å²) in [6, 6.07) is 6.92. The number of carbonyl (C=O) groups is 1. The normalized spacial score (nSPS) is 17.3. The minimum Gasteiger partial charge on any atom is -0.336 e. The number of hydrogen-bond acceptors (Lipinski definition) is 3. The molecule has 1 aromatic carbocycles. The topological polar surface area (TPSA) is 79.8 Å². The van der Waals surface area contributed by atoms with Crippen molar-refractivity contribution in [3.63, 3.8) is 0 Å². The first kappa shape index (κ1) is 17.9. The number of quaternary nitrogens is 1. The van der Waals surface area contributed by atoms with Crippen molar-refractivity contribution in [2.45, 2.75) is 55.9 Å². The molecule has 1 amide bonds. The molecule has 6 heteroatoms. The number of nitrogens with one attached hydrogen (secondary N) is 1. The zero-order valence-corrected chi connectivity index (χ0v) is 14.6. The molecule has 0 spiro atoms. The molecule has 0 unspecified atom stereocenters. The summed E-state index contributed by atoms with van der Waals surface area (Å²) in [7, 11) is -3.26. The smallest absolute Gasteiger partial charge is 0.279 e. The molecule has 0 radical (unpaired) electrons. The molecule has 1 fully saturated rings. The molecule has 2 rings (SSSR count). The van der Waals surface area contributed by atoms with E-state index in [1.165, 1.54) is 57.1 Å². The Bertz CT molecular complexity index is 620. The van der Waals surface area contributed by atoms with Gasteiger partial charge in [-0.25, -0.2) is 8.42 Å². The Kier molecular flexibility index (Phi) is 6.59. The van der Waals surface area contributed by atoms with Crippen molar-refractivity contribution in [2.75, 3.05) is 18.1 Å². The lowest BCUT2D eigenvalue weighted by molar-refractivity contribution is -0.680. The number of nitrogens with two attached hydrogens (primary N) is 1. The van der Waals surface area contributed by atoms with Gasteiger partial charge in [0, 0.05) is 11.9 Å². The van der Waals surface area contributed by atoms with Crippen molar-refractivity contribution >= 4 is 21.4 Å². The Hall–Kier alpha value is -1.40. The van der Waals surface area contributed by atoms with Crippen molar-refractivity contribution in [2.24, 2.45) is 0 Å². The Morgan fingerprint density at radius 3 is 2.48 bits per heavy atom. The fourth-order valence-electron chi connectivity index (χ4n) is 3.01. The van der Waals surface area contributed by atoms with Gasteiger partial charge in [-0.2, -0.15) is 0 Å². The lowest BCUT2D eigenvalue weighted by Gasteiger charge is -2.18. The van der Waals surface area contributed by atoms with Crippen LogP contribution in [-0.4, -0.2) is 33.2 Å². The largest absolute Gasteiger partial charge is 0.336 e. The second kappa shape index (κ2) is 8.45. The van der Waals surface area contributed by atoms with Crippen LogP contribution in [0.2, 0.25) is 0 Å².